The number of thioether (sulfide) groups is 1. The Hall–Kier alpha value is -4.63. The van der Waals surface area contributed by atoms with E-state index < -0.39 is 46.3 Å². The summed E-state index contributed by atoms with van der Waals surface area (Å²) in [4.78, 5) is 22.0. The lowest BCUT2D eigenvalue weighted by atomic mass is 9.88. The van der Waals surface area contributed by atoms with Crippen molar-refractivity contribution in [1.82, 2.24) is 0 Å². The van der Waals surface area contributed by atoms with Gasteiger partial charge in [-0.25, -0.2) is 0 Å². The van der Waals surface area contributed by atoms with Gasteiger partial charge in [0.05, 0.1) is 19.0 Å². The summed E-state index contributed by atoms with van der Waals surface area (Å²) in [7, 11) is -2.38. The third-order valence-electron chi connectivity index (χ3n) is 11.9. The minimum Gasteiger partial charge on any atom is -0.493 e. The molecule has 0 N–H and O–H groups in total. The maximum absolute atomic E-state index is 13.1. The number of carbonyl (C=O) groups is 2. The Morgan fingerprint density at radius 3 is 1.18 bits per heavy atom. The van der Waals surface area contributed by atoms with E-state index in [1.54, 1.807) is 48.5 Å². The minimum absolute atomic E-state index is 0.00163. The van der Waals surface area contributed by atoms with Crippen LogP contribution in [0, 0.1) is 0 Å². The van der Waals surface area contributed by atoms with Crippen molar-refractivity contribution in [2.75, 3.05) is 36.2 Å². The number of aryl methyl sites for hydroxylation is 2. The minimum atomic E-state index is -4.81. The van der Waals surface area contributed by atoms with E-state index in [0.717, 1.165) is 51.9 Å². The maximum atomic E-state index is 13.1. The lowest BCUT2D eigenvalue weighted by molar-refractivity contribution is -0.171. The van der Waals surface area contributed by atoms with Crippen LogP contribution < -0.4 is 9.47 Å². The number of ketones is 2. The average molecular weight is 1140 g/mol. The van der Waals surface area contributed by atoms with E-state index in [9.17, 15) is 40.1 Å². The molecule has 0 spiro atoms. The number of carbonyl (C=O) groups excluding carboxylic acids is 2. The monoisotopic (exact) mass is 1140 g/mol. The number of alkyl halides is 6. The number of Topliss-reactive ketones (excluding diaryl/α,β-unsaturated/α-hetero) is 2. The van der Waals surface area contributed by atoms with Crippen molar-refractivity contribution in [1.29, 1.82) is 0 Å². The lowest BCUT2D eigenvalue weighted by Gasteiger charge is -2.19. The topological polar surface area (TPSA) is 69.7 Å². The van der Waals surface area contributed by atoms with Crippen LogP contribution in [-0.2, 0) is 32.0 Å². The number of halogens is 10. The van der Waals surface area contributed by atoms with Gasteiger partial charge in [-0.1, -0.05) is 119 Å². The molecule has 74 heavy (non-hydrogen) atoms. The van der Waals surface area contributed by atoms with Crippen molar-refractivity contribution < 1.29 is 49.6 Å². The first-order valence-corrected chi connectivity index (χ1v) is 28.4. The first kappa shape index (κ1) is 60.2. The van der Waals surface area contributed by atoms with Crippen LogP contribution >= 0.6 is 58.2 Å². The van der Waals surface area contributed by atoms with Crippen LogP contribution in [0.4, 0.5) is 26.3 Å². The summed E-state index contributed by atoms with van der Waals surface area (Å²) < 4.78 is 98.4. The van der Waals surface area contributed by atoms with Crippen LogP contribution in [0.3, 0.4) is 0 Å². The molecule has 1 atom stereocenters. The molecule has 6 aromatic rings. The van der Waals surface area contributed by atoms with Crippen LogP contribution in [0.2, 0.25) is 20.1 Å². The van der Waals surface area contributed by atoms with E-state index in [1.165, 1.54) is 11.1 Å². The molecule has 5 nitrogen and oxygen atoms in total. The highest BCUT2D eigenvalue weighted by Crippen LogP contribution is 2.33. The molecule has 396 valence electrons. The smallest absolute Gasteiger partial charge is 0.449 e. The Labute approximate surface area is 454 Å². The zero-order valence-electron chi connectivity index (χ0n) is 40.3. The molecular formula is C57H56Cl4F6O5S2. The molecule has 0 bridgehead atoms. The van der Waals surface area contributed by atoms with Gasteiger partial charge in [0.1, 0.15) is 11.5 Å². The largest absolute Gasteiger partial charge is 0.493 e. The molecule has 0 aliphatic heterocycles. The van der Waals surface area contributed by atoms with E-state index >= 15 is 0 Å². The predicted octanol–water partition coefficient (Wildman–Crippen LogP) is 16.5. The van der Waals surface area contributed by atoms with Crippen molar-refractivity contribution in [2.45, 2.75) is 75.6 Å². The van der Waals surface area contributed by atoms with Crippen molar-refractivity contribution >= 4 is 85.1 Å². The molecule has 6 rings (SSSR count). The van der Waals surface area contributed by atoms with Gasteiger partial charge in [-0.05, 0) is 166 Å². The Kier molecular flexibility index (Phi) is 24.1. The summed E-state index contributed by atoms with van der Waals surface area (Å²) in [6.07, 6.45) is -7.16. The van der Waals surface area contributed by atoms with E-state index in [0.29, 0.717) is 51.5 Å². The third-order valence-corrected chi connectivity index (χ3v) is 15.8. The molecule has 6 aromatic carbocycles. The van der Waals surface area contributed by atoms with Gasteiger partial charge in [-0.15, -0.1) is 0 Å². The highest BCUT2D eigenvalue weighted by Gasteiger charge is 2.38. The molecular weight excluding hydrogens is 1080 g/mol. The second-order valence-corrected chi connectivity index (χ2v) is 23.1. The summed E-state index contributed by atoms with van der Waals surface area (Å²) in [6, 6.07) is 44.7. The van der Waals surface area contributed by atoms with Gasteiger partial charge in [0.15, 0.2) is 0 Å². The molecule has 0 amide bonds. The van der Waals surface area contributed by atoms with Crippen molar-refractivity contribution in [2.24, 2.45) is 0 Å². The Morgan fingerprint density at radius 1 is 0.486 bits per heavy atom. The zero-order chi connectivity index (χ0) is 53.7. The van der Waals surface area contributed by atoms with Crippen molar-refractivity contribution in [3.63, 3.8) is 0 Å². The fourth-order valence-electron chi connectivity index (χ4n) is 7.81. The normalized spacial score (nSPS) is 12.5. The number of hydrogen-bond donors (Lipinski definition) is 0. The zero-order valence-corrected chi connectivity index (χ0v) is 44.9. The van der Waals surface area contributed by atoms with Gasteiger partial charge in [0, 0.05) is 56.3 Å². The summed E-state index contributed by atoms with van der Waals surface area (Å²) in [5.41, 5.74) is 5.95. The van der Waals surface area contributed by atoms with Gasteiger partial charge in [-0.3, -0.25) is 13.8 Å². The number of rotatable bonds is 26. The second-order valence-electron chi connectivity index (χ2n) is 17.4. The molecule has 0 aliphatic carbocycles. The first-order chi connectivity index (χ1) is 35.1. The standard InChI is InChI=1S/C29H29Cl2F3O3S.C28H27Cl2F3O2S/c1-38(36,20-18-37-26-15-4-21(5-16-26)6-17-28(35)29(32,33)34)19-2-3-27(22-7-11-24(30)12-8-22)23-9-13-25(31)14-10-23;29-23-10-6-21(7-11-23)26(22-8-12-24(30)13-9-22)2-1-18-36-19-17-35-25-14-3-20(4-15-25)5-16-27(34)28(31,32)33/h4-5,7-16,27H,1-3,6,17-20H2;3-4,6-15,26H,1-2,5,16-19H2. The van der Waals surface area contributed by atoms with Crippen LogP contribution in [0.15, 0.2) is 146 Å². The first-order valence-electron chi connectivity index (χ1n) is 23.7. The Balaban J connectivity index is 0.000000274. The Bertz CT molecular complexity index is 2670. The molecule has 0 aliphatic rings. The van der Waals surface area contributed by atoms with E-state index in [2.05, 4.69) is 30.1 Å². The predicted molar refractivity (Wildman–Crippen MR) is 293 cm³/mol. The molecule has 0 saturated carbocycles. The number of benzene rings is 6. The van der Waals surface area contributed by atoms with Crippen LogP contribution in [0.1, 0.15) is 83.7 Å². The van der Waals surface area contributed by atoms with E-state index in [4.69, 9.17) is 55.9 Å². The quantitative estimate of drug-likeness (QED) is 0.0306. The average Bonchev–Trinajstić information content (AvgIpc) is 3.36. The molecule has 17 heteroatoms. The fourth-order valence-corrected chi connectivity index (χ4v) is 10.4. The number of ether oxygens (including phenoxy) is 2. The van der Waals surface area contributed by atoms with Gasteiger partial charge in [0.2, 0.25) is 11.6 Å². The van der Waals surface area contributed by atoms with Gasteiger partial charge in [-0.2, -0.15) is 38.1 Å². The van der Waals surface area contributed by atoms with Crippen molar-refractivity contribution in [3.8, 4) is 11.5 Å². The summed E-state index contributed by atoms with van der Waals surface area (Å²) in [5.74, 6) is 4.57. The fraction of sp³-hybridized carbons (Fsp3) is 0.316. The highest BCUT2D eigenvalue weighted by molar-refractivity contribution is 8.00. The van der Waals surface area contributed by atoms with Gasteiger partial charge in [0.25, 0.3) is 0 Å². The second kappa shape index (κ2) is 29.6. The van der Waals surface area contributed by atoms with Crippen LogP contribution in [0.5, 0.6) is 11.5 Å². The van der Waals surface area contributed by atoms with E-state index in [1.807, 2.05) is 84.6 Å². The van der Waals surface area contributed by atoms with Crippen LogP contribution in [-0.4, -0.2) is 70.2 Å². The SMILES string of the molecule is C=S(=O)(CCCC(c1ccc(Cl)cc1)c1ccc(Cl)cc1)CCOc1ccc(CCC(=O)C(F)(F)F)cc1.O=C(CCc1ccc(OCCSCCCC(c2ccc(Cl)cc2)c2ccc(Cl)cc2)cc1)C(F)(F)F. The molecule has 0 radical (unpaired) electrons. The highest BCUT2D eigenvalue weighted by atomic mass is 35.5. The molecule has 0 aromatic heterocycles. The summed E-state index contributed by atoms with van der Waals surface area (Å²) in [6.45, 7) is 0.737. The van der Waals surface area contributed by atoms with Gasteiger partial charge < -0.3 is 9.47 Å². The van der Waals surface area contributed by atoms with Gasteiger partial charge >= 0.3 is 12.4 Å². The number of hydrogen-bond acceptors (Lipinski definition) is 6. The molecule has 0 saturated heterocycles. The third kappa shape index (κ3) is 21.5. The molecule has 0 heterocycles. The maximum Gasteiger partial charge on any atom is 0.449 e. The summed E-state index contributed by atoms with van der Waals surface area (Å²) in [5, 5.41) is 2.76. The lowest BCUT2D eigenvalue weighted by Crippen LogP contribution is -2.22. The molecule has 0 fully saturated rings. The van der Waals surface area contributed by atoms with Crippen LogP contribution in [0.25, 0.3) is 0 Å². The van der Waals surface area contributed by atoms with Crippen molar-refractivity contribution in [3.05, 3.63) is 199 Å². The van der Waals surface area contributed by atoms with E-state index in [-0.39, 0.29) is 37.0 Å². The Morgan fingerprint density at radius 2 is 0.824 bits per heavy atom. The molecule has 1 unspecified atom stereocenters. The summed E-state index contributed by atoms with van der Waals surface area (Å²) >= 11 is 26.1.